The highest BCUT2D eigenvalue weighted by Gasteiger charge is 2.18. The number of carbonyl (C=O) groups is 1. The van der Waals surface area contributed by atoms with E-state index in [1.807, 2.05) is 0 Å². The first kappa shape index (κ1) is 14.6. The van der Waals surface area contributed by atoms with Gasteiger partial charge in [-0.1, -0.05) is 11.6 Å². The Kier molecular flexibility index (Phi) is 5.25. The number of amides is 1. The lowest BCUT2D eigenvalue weighted by Crippen LogP contribution is -2.31. The summed E-state index contributed by atoms with van der Waals surface area (Å²) in [6, 6.07) is 3.38. The van der Waals surface area contributed by atoms with Crippen LogP contribution in [-0.4, -0.2) is 26.2 Å². The van der Waals surface area contributed by atoms with Crippen LogP contribution in [0.3, 0.4) is 0 Å². The number of carbonyl (C=O) groups excluding carboxylic acids is 1. The van der Waals surface area contributed by atoms with Gasteiger partial charge < -0.3 is 20.5 Å². The fourth-order valence-corrected chi connectivity index (χ4v) is 1.70. The van der Waals surface area contributed by atoms with Gasteiger partial charge in [-0.3, -0.25) is 4.79 Å². The van der Waals surface area contributed by atoms with Crippen molar-refractivity contribution in [2.24, 2.45) is 5.73 Å². The minimum absolute atomic E-state index is 0.473. The molecule has 0 aliphatic carbocycles. The van der Waals surface area contributed by atoms with Gasteiger partial charge >= 0.3 is 0 Å². The largest absolute Gasteiger partial charge is 0.493 e. The van der Waals surface area contributed by atoms with E-state index >= 15 is 0 Å². The molecule has 0 saturated heterocycles. The predicted octanol–water partition coefficient (Wildman–Crippen LogP) is 1.32. The quantitative estimate of drug-likeness (QED) is 0.819. The molecule has 3 N–H and O–H groups in total. The van der Waals surface area contributed by atoms with E-state index in [0.29, 0.717) is 23.1 Å². The summed E-state index contributed by atoms with van der Waals surface area (Å²) in [6.07, 6.45) is -0.740. The van der Waals surface area contributed by atoms with Crippen LogP contribution in [0.15, 0.2) is 12.1 Å². The van der Waals surface area contributed by atoms with Crippen molar-refractivity contribution in [1.82, 2.24) is 5.32 Å². The Bertz CT molecular complexity index is 438. The summed E-state index contributed by atoms with van der Waals surface area (Å²) in [4.78, 5) is 11.1. The number of halogens is 1. The molecule has 0 radical (unpaired) electrons. The van der Waals surface area contributed by atoms with E-state index in [1.54, 1.807) is 26.1 Å². The first-order valence-electron chi connectivity index (χ1n) is 5.46. The molecule has 18 heavy (non-hydrogen) atoms. The highest BCUT2D eigenvalue weighted by atomic mass is 35.5. The number of methoxy groups -OCH3 is 1. The van der Waals surface area contributed by atoms with Gasteiger partial charge in [0.2, 0.25) is 0 Å². The molecule has 1 rings (SSSR count). The highest BCUT2D eigenvalue weighted by molar-refractivity contribution is 6.30. The van der Waals surface area contributed by atoms with Crippen molar-refractivity contribution in [2.45, 2.75) is 19.6 Å². The van der Waals surface area contributed by atoms with Crippen molar-refractivity contribution in [3.05, 3.63) is 22.7 Å². The van der Waals surface area contributed by atoms with Crippen LogP contribution in [0.5, 0.6) is 11.5 Å². The standard InChI is InChI=1S/C12H17ClN2O3/c1-7(12(14)16)18-11-8(6-15-2)4-9(13)5-10(11)17-3/h4-5,7,15H,6H2,1-3H3,(H2,14,16). The number of hydrogen-bond donors (Lipinski definition) is 2. The van der Waals surface area contributed by atoms with E-state index in [2.05, 4.69) is 5.32 Å². The topological polar surface area (TPSA) is 73.6 Å². The zero-order valence-electron chi connectivity index (χ0n) is 10.6. The van der Waals surface area contributed by atoms with Gasteiger partial charge in [0.25, 0.3) is 5.91 Å². The van der Waals surface area contributed by atoms with Crippen LogP contribution in [0.1, 0.15) is 12.5 Å². The minimum atomic E-state index is -0.740. The lowest BCUT2D eigenvalue weighted by Gasteiger charge is -2.18. The lowest BCUT2D eigenvalue weighted by atomic mass is 10.1. The Morgan fingerprint density at radius 1 is 1.56 bits per heavy atom. The molecule has 1 aromatic carbocycles. The molecule has 0 spiro atoms. The minimum Gasteiger partial charge on any atom is -0.493 e. The van der Waals surface area contributed by atoms with Gasteiger partial charge in [-0.2, -0.15) is 0 Å². The van der Waals surface area contributed by atoms with Crippen molar-refractivity contribution < 1.29 is 14.3 Å². The van der Waals surface area contributed by atoms with Crippen molar-refractivity contribution in [3.63, 3.8) is 0 Å². The summed E-state index contributed by atoms with van der Waals surface area (Å²) in [7, 11) is 3.31. The molecule has 5 nitrogen and oxygen atoms in total. The summed E-state index contributed by atoms with van der Waals surface area (Å²) in [5.74, 6) is 0.408. The van der Waals surface area contributed by atoms with Gasteiger partial charge in [0, 0.05) is 23.2 Å². The third-order valence-electron chi connectivity index (χ3n) is 2.38. The number of ether oxygens (including phenoxy) is 2. The normalized spacial score (nSPS) is 12.0. The Morgan fingerprint density at radius 2 is 2.22 bits per heavy atom. The highest BCUT2D eigenvalue weighted by Crippen LogP contribution is 2.35. The van der Waals surface area contributed by atoms with Gasteiger partial charge in [0.15, 0.2) is 17.6 Å². The molecule has 0 aliphatic rings. The average Bonchev–Trinajstić information content (AvgIpc) is 2.31. The van der Waals surface area contributed by atoms with Crippen LogP contribution in [-0.2, 0) is 11.3 Å². The fraction of sp³-hybridized carbons (Fsp3) is 0.417. The van der Waals surface area contributed by atoms with Crippen molar-refractivity contribution in [1.29, 1.82) is 0 Å². The van der Waals surface area contributed by atoms with E-state index in [9.17, 15) is 4.79 Å². The van der Waals surface area contributed by atoms with Crippen molar-refractivity contribution in [2.75, 3.05) is 14.2 Å². The maximum absolute atomic E-state index is 11.1. The molecule has 0 saturated carbocycles. The van der Waals surface area contributed by atoms with Gasteiger partial charge in [0.05, 0.1) is 7.11 Å². The average molecular weight is 273 g/mol. The zero-order chi connectivity index (χ0) is 13.7. The van der Waals surface area contributed by atoms with E-state index in [0.717, 1.165) is 5.56 Å². The first-order valence-corrected chi connectivity index (χ1v) is 5.84. The van der Waals surface area contributed by atoms with Crippen LogP contribution in [0.4, 0.5) is 0 Å². The Labute approximate surface area is 111 Å². The number of benzene rings is 1. The van der Waals surface area contributed by atoms with Crippen molar-refractivity contribution in [3.8, 4) is 11.5 Å². The molecule has 0 bridgehead atoms. The molecule has 1 aromatic rings. The first-order chi connectivity index (χ1) is 8.49. The molecule has 0 fully saturated rings. The predicted molar refractivity (Wildman–Crippen MR) is 70.1 cm³/mol. The smallest absolute Gasteiger partial charge is 0.258 e. The summed E-state index contributed by atoms with van der Waals surface area (Å²) in [6.45, 7) is 2.12. The lowest BCUT2D eigenvalue weighted by molar-refractivity contribution is -0.124. The van der Waals surface area contributed by atoms with E-state index < -0.39 is 12.0 Å². The second-order valence-corrected chi connectivity index (χ2v) is 4.23. The Hall–Kier alpha value is -1.46. The van der Waals surface area contributed by atoms with Gasteiger partial charge in [-0.25, -0.2) is 0 Å². The molecule has 1 amide bonds. The molecule has 6 heteroatoms. The van der Waals surface area contributed by atoms with Crippen LogP contribution < -0.4 is 20.5 Å². The summed E-state index contributed by atoms with van der Waals surface area (Å²) < 4.78 is 10.7. The molecule has 1 unspecified atom stereocenters. The third kappa shape index (κ3) is 3.51. The molecule has 1 atom stereocenters. The maximum Gasteiger partial charge on any atom is 0.258 e. The summed E-state index contributed by atoms with van der Waals surface area (Å²) in [5, 5.41) is 3.53. The molecular formula is C12H17ClN2O3. The van der Waals surface area contributed by atoms with Crippen LogP contribution in [0.25, 0.3) is 0 Å². The Balaban J connectivity index is 3.15. The molecule has 0 aromatic heterocycles. The molecule has 0 heterocycles. The Morgan fingerprint density at radius 3 is 2.72 bits per heavy atom. The van der Waals surface area contributed by atoms with Gasteiger partial charge in [-0.05, 0) is 20.0 Å². The zero-order valence-corrected chi connectivity index (χ0v) is 11.4. The fourth-order valence-electron chi connectivity index (χ4n) is 1.46. The van der Waals surface area contributed by atoms with E-state index in [-0.39, 0.29) is 0 Å². The number of rotatable bonds is 6. The van der Waals surface area contributed by atoms with Crippen LogP contribution >= 0.6 is 11.6 Å². The van der Waals surface area contributed by atoms with E-state index in [4.69, 9.17) is 26.8 Å². The second kappa shape index (κ2) is 6.47. The number of primary amides is 1. The number of nitrogens with one attached hydrogen (secondary N) is 1. The van der Waals surface area contributed by atoms with Crippen LogP contribution in [0.2, 0.25) is 5.02 Å². The summed E-state index contributed by atoms with van der Waals surface area (Å²) in [5.41, 5.74) is 5.98. The van der Waals surface area contributed by atoms with Crippen LogP contribution in [0, 0.1) is 0 Å². The summed E-state index contributed by atoms with van der Waals surface area (Å²) >= 11 is 5.98. The molecule has 0 aliphatic heterocycles. The number of hydrogen-bond acceptors (Lipinski definition) is 4. The molecule has 100 valence electrons. The van der Waals surface area contributed by atoms with Crippen molar-refractivity contribution >= 4 is 17.5 Å². The monoisotopic (exact) mass is 272 g/mol. The third-order valence-corrected chi connectivity index (χ3v) is 2.60. The van der Waals surface area contributed by atoms with Gasteiger partial charge in [-0.15, -0.1) is 0 Å². The van der Waals surface area contributed by atoms with Gasteiger partial charge in [0.1, 0.15) is 0 Å². The maximum atomic E-state index is 11.1. The SMILES string of the molecule is CNCc1cc(Cl)cc(OC)c1OC(C)C(N)=O. The second-order valence-electron chi connectivity index (χ2n) is 3.79. The molecular weight excluding hydrogens is 256 g/mol. The number of nitrogens with two attached hydrogens (primary N) is 1. The van der Waals surface area contributed by atoms with E-state index in [1.165, 1.54) is 7.11 Å².